The van der Waals surface area contributed by atoms with Gasteiger partial charge in [0.15, 0.2) is 0 Å². The number of nitrogens with zero attached hydrogens (tertiary/aromatic N) is 3. The molecule has 0 fully saturated rings. The van der Waals surface area contributed by atoms with E-state index in [9.17, 15) is 4.79 Å². The van der Waals surface area contributed by atoms with Crippen LogP contribution in [0.1, 0.15) is 13.8 Å². The van der Waals surface area contributed by atoms with Crippen LogP contribution < -0.4 is 10.6 Å². The summed E-state index contributed by atoms with van der Waals surface area (Å²) in [4.78, 5) is 22.8. The van der Waals surface area contributed by atoms with Crippen molar-refractivity contribution in [1.82, 2.24) is 15.0 Å². The van der Waals surface area contributed by atoms with Gasteiger partial charge in [0.05, 0.1) is 6.61 Å². The number of esters is 1. The monoisotopic (exact) mass is 259 g/mol. The highest BCUT2D eigenvalue weighted by Gasteiger charge is 2.06. The third-order valence-corrected chi connectivity index (χ3v) is 1.81. The largest absolute Gasteiger partial charge is 0.465 e. The molecule has 0 aliphatic heterocycles. The van der Waals surface area contributed by atoms with E-state index in [4.69, 9.17) is 16.3 Å². The van der Waals surface area contributed by atoms with Crippen molar-refractivity contribution in [3.8, 4) is 0 Å². The second-order valence-electron chi connectivity index (χ2n) is 2.94. The average molecular weight is 260 g/mol. The topological polar surface area (TPSA) is 89.0 Å². The molecule has 1 rings (SSSR count). The quantitative estimate of drug-likeness (QED) is 0.735. The van der Waals surface area contributed by atoms with Gasteiger partial charge in [-0.25, -0.2) is 0 Å². The molecule has 2 N–H and O–H groups in total. The van der Waals surface area contributed by atoms with Gasteiger partial charge < -0.3 is 15.4 Å². The summed E-state index contributed by atoms with van der Waals surface area (Å²) >= 11 is 5.70. The van der Waals surface area contributed by atoms with Crippen molar-refractivity contribution < 1.29 is 9.53 Å². The van der Waals surface area contributed by atoms with E-state index >= 15 is 0 Å². The second-order valence-corrected chi connectivity index (χ2v) is 3.28. The number of nitrogens with one attached hydrogen (secondary N) is 2. The molecule has 0 saturated heterocycles. The Morgan fingerprint density at radius 3 is 2.47 bits per heavy atom. The normalized spacial score (nSPS) is 9.82. The molecule has 0 radical (unpaired) electrons. The highest BCUT2D eigenvalue weighted by molar-refractivity contribution is 6.28. The molecular formula is C9H14ClN5O2. The summed E-state index contributed by atoms with van der Waals surface area (Å²) in [6, 6.07) is 0. The molecular weight excluding hydrogens is 246 g/mol. The number of ether oxygens (including phenoxy) is 1. The SMILES string of the molecule is CCNc1nc(Cl)nc(NCC(=O)OCC)n1. The Morgan fingerprint density at radius 2 is 1.88 bits per heavy atom. The van der Waals surface area contributed by atoms with E-state index in [-0.39, 0.29) is 23.7 Å². The maximum atomic E-state index is 11.1. The van der Waals surface area contributed by atoms with E-state index in [0.717, 1.165) is 0 Å². The van der Waals surface area contributed by atoms with Gasteiger partial charge in [-0.05, 0) is 25.4 Å². The van der Waals surface area contributed by atoms with Gasteiger partial charge in [0.25, 0.3) is 0 Å². The summed E-state index contributed by atoms with van der Waals surface area (Å²) in [7, 11) is 0. The molecule has 1 aromatic heterocycles. The number of rotatable bonds is 6. The molecule has 0 aliphatic carbocycles. The number of hydrogen-bond acceptors (Lipinski definition) is 7. The Bertz CT molecular complexity index is 388. The van der Waals surface area contributed by atoms with Crippen molar-refractivity contribution in [2.75, 3.05) is 30.3 Å². The third kappa shape index (κ3) is 4.81. The molecule has 7 nitrogen and oxygen atoms in total. The van der Waals surface area contributed by atoms with Gasteiger partial charge in [0.2, 0.25) is 17.2 Å². The van der Waals surface area contributed by atoms with Gasteiger partial charge in [-0.3, -0.25) is 4.79 Å². The lowest BCUT2D eigenvalue weighted by molar-refractivity contribution is -0.140. The van der Waals surface area contributed by atoms with E-state index in [1.54, 1.807) is 6.92 Å². The summed E-state index contributed by atoms with van der Waals surface area (Å²) in [5, 5.41) is 5.66. The first-order chi connectivity index (χ1) is 8.15. The average Bonchev–Trinajstić information content (AvgIpc) is 2.26. The van der Waals surface area contributed by atoms with Crippen molar-refractivity contribution in [3.63, 3.8) is 0 Å². The second kappa shape index (κ2) is 6.85. The van der Waals surface area contributed by atoms with E-state index in [2.05, 4.69) is 25.6 Å². The zero-order valence-corrected chi connectivity index (χ0v) is 10.4. The molecule has 0 spiro atoms. The molecule has 1 aromatic rings. The molecule has 0 aliphatic rings. The summed E-state index contributed by atoms with van der Waals surface area (Å²) in [5.74, 6) is 0.210. The zero-order chi connectivity index (χ0) is 12.7. The molecule has 0 atom stereocenters. The van der Waals surface area contributed by atoms with Crippen LogP contribution in [-0.4, -0.2) is 40.6 Å². The fraction of sp³-hybridized carbons (Fsp3) is 0.556. The Balaban J connectivity index is 2.61. The van der Waals surface area contributed by atoms with Crippen LogP contribution in [0.25, 0.3) is 0 Å². The predicted octanol–water partition coefficient (Wildman–Crippen LogP) is 0.932. The van der Waals surface area contributed by atoms with E-state index < -0.39 is 0 Å². The maximum Gasteiger partial charge on any atom is 0.325 e. The molecule has 0 amide bonds. The summed E-state index contributed by atoms with van der Waals surface area (Å²) in [6.45, 7) is 4.63. The molecule has 8 heteroatoms. The first-order valence-electron chi connectivity index (χ1n) is 5.20. The first-order valence-corrected chi connectivity index (χ1v) is 5.58. The van der Waals surface area contributed by atoms with E-state index in [1.165, 1.54) is 0 Å². The standard InChI is InChI=1S/C9H14ClN5O2/c1-3-11-8-13-7(10)14-9(15-8)12-5-6(16)17-4-2/h3-5H2,1-2H3,(H2,11,12,13,14,15). The maximum absolute atomic E-state index is 11.1. The number of carbonyl (C=O) groups excluding carboxylic acids is 1. The van der Waals surface area contributed by atoms with Gasteiger partial charge in [0, 0.05) is 6.54 Å². The fourth-order valence-corrected chi connectivity index (χ4v) is 1.19. The molecule has 0 saturated carbocycles. The van der Waals surface area contributed by atoms with Crippen LogP contribution in [0.3, 0.4) is 0 Å². The number of carbonyl (C=O) groups is 1. The third-order valence-electron chi connectivity index (χ3n) is 1.64. The molecule has 1 heterocycles. The van der Waals surface area contributed by atoms with Crippen molar-refractivity contribution in [1.29, 1.82) is 0 Å². The molecule has 0 unspecified atom stereocenters. The lowest BCUT2D eigenvalue weighted by Crippen LogP contribution is -2.18. The summed E-state index contributed by atoms with van der Waals surface area (Å²) in [5.41, 5.74) is 0. The van der Waals surface area contributed by atoms with Gasteiger partial charge in [-0.15, -0.1) is 0 Å². The van der Waals surface area contributed by atoms with E-state index in [1.807, 2.05) is 6.92 Å². The van der Waals surface area contributed by atoms with E-state index in [0.29, 0.717) is 19.1 Å². The highest BCUT2D eigenvalue weighted by atomic mass is 35.5. The minimum atomic E-state index is -0.381. The predicted molar refractivity (Wildman–Crippen MR) is 64.1 cm³/mol. The minimum Gasteiger partial charge on any atom is -0.465 e. The number of aromatic nitrogens is 3. The van der Waals surface area contributed by atoms with Crippen molar-refractivity contribution in [2.45, 2.75) is 13.8 Å². The Labute approximate surface area is 104 Å². The number of anilines is 2. The molecule has 17 heavy (non-hydrogen) atoms. The smallest absolute Gasteiger partial charge is 0.325 e. The van der Waals surface area contributed by atoms with Gasteiger partial charge in [-0.1, -0.05) is 0 Å². The van der Waals surface area contributed by atoms with Gasteiger partial charge in [0.1, 0.15) is 6.54 Å². The molecule has 0 bridgehead atoms. The Hall–Kier alpha value is -1.63. The fourth-order valence-electron chi connectivity index (χ4n) is 1.03. The first kappa shape index (κ1) is 13.4. The van der Waals surface area contributed by atoms with Crippen LogP contribution in [0.2, 0.25) is 5.28 Å². The minimum absolute atomic E-state index is 0.0141. The molecule has 94 valence electrons. The van der Waals surface area contributed by atoms with Crippen molar-refractivity contribution in [3.05, 3.63) is 5.28 Å². The summed E-state index contributed by atoms with van der Waals surface area (Å²) < 4.78 is 4.75. The van der Waals surface area contributed by atoms with Crippen LogP contribution in [-0.2, 0) is 9.53 Å². The van der Waals surface area contributed by atoms with Crippen LogP contribution in [0.4, 0.5) is 11.9 Å². The van der Waals surface area contributed by atoms with Crippen LogP contribution >= 0.6 is 11.6 Å². The Kier molecular flexibility index (Phi) is 5.41. The van der Waals surface area contributed by atoms with Crippen LogP contribution in [0.5, 0.6) is 0 Å². The Morgan fingerprint density at radius 1 is 1.24 bits per heavy atom. The van der Waals surface area contributed by atoms with Crippen molar-refractivity contribution in [2.24, 2.45) is 0 Å². The van der Waals surface area contributed by atoms with Crippen LogP contribution in [0, 0.1) is 0 Å². The van der Waals surface area contributed by atoms with Gasteiger partial charge >= 0.3 is 5.97 Å². The number of halogens is 1. The molecule has 0 aromatic carbocycles. The lowest BCUT2D eigenvalue weighted by atomic mass is 10.6. The number of hydrogen-bond donors (Lipinski definition) is 2. The lowest BCUT2D eigenvalue weighted by Gasteiger charge is -2.06. The van der Waals surface area contributed by atoms with Crippen LogP contribution in [0.15, 0.2) is 0 Å². The van der Waals surface area contributed by atoms with Crippen molar-refractivity contribution >= 4 is 29.5 Å². The zero-order valence-electron chi connectivity index (χ0n) is 9.66. The highest BCUT2D eigenvalue weighted by Crippen LogP contribution is 2.08. The van der Waals surface area contributed by atoms with Gasteiger partial charge in [-0.2, -0.15) is 15.0 Å². The summed E-state index contributed by atoms with van der Waals surface area (Å²) in [6.07, 6.45) is 0.